The van der Waals surface area contributed by atoms with Crippen molar-refractivity contribution in [3.05, 3.63) is 75.1 Å². The van der Waals surface area contributed by atoms with Gasteiger partial charge in [0, 0.05) is 10.9 Å². The lowest BCUT2D eigenvalue weighted by Gasteiger charge is -2.19. The van der Waals surface area contributed by atoms with Crippen molar-refractivity contribution in [2.75, 3.05) is 4.90 Å². The van der Waals surface area contributed by atoms with Gasteiger partial charge in [0.15, 0.2) is 0 Å². The molecule has 1 N–H and O–H groups in total. The number of pyridine rings is 1. The van der Waals surface area contributed by atoms with E-state index in [2.05, 4.69) is 4.98 Å². The number of rotatable bonds is 1. The molecule has 0 unspecified atom stereocenters. The number of aromatic amines is 1. The summed E-state index contributed by atoms with van der Waals surface area (Å²) in [6.45, 7) is 0. The Morgan fingerprint density at radius 2 is 1.46 bits per heavy atom. The van der Waals surface area contributed by atoms with Crippen LogP contribution in [0.3, 0.4) is 0 Å². The van der Waals surface area contributed by atoms with E-state index in [4.69, 9.17) is 0 Å². The minimum Gasteiger partial charge on any atom is -0.322 e. The molecular formula is C21H16N2O3. The highest BCUT2D eigenvalue weighted by Gasteiger charge is 2.36. The third-order valence-corrected chi connectivity index (χ3v) is 5.37. The first-order chi connectivity index (χ1) is 12.6. The number of hydrogen-bond donors (Lipinski definition) is 1. The van der Waals surface area contributed by atoms with E-state index >= 15 is 0 Å². The molecule has 128 valence electrons. The monoisotopic (exact) mass is 344 g/mol. The second kappa shape index (κ2) is 5.39. The van der Waals surface area contributed by atoms with E-state index in [9.17, 15) is 14.4 Å². The van der Waals surface area contributed by atoms with Gasteiger partial charge < -0.3 is 4.98 Å². The van der Waals surface area contributed by atoms with Crippen molar-refractivity contribution in [3.63, 3.8) is 0 Å². The number of H-pyrrole nitrogens is 1. The van der Waals surface area contributed by atoms with Crippen LogP contribution in [0.5, 0.6) is 0 Å². The van der Waals surface area contributed by atoms with Gasteiger partial charge in [-0.15, -0.1) is 0 Å². The van der Waals surface area contributed by atoms with Gasteiger partial charge in [-0.25, -0.2) is 4.90 Å². The fourth-order valence-electron chi connectivity index (χ4n) is 4.11. The molecule has 0 bridgehead atoms. The number of aromatic nitrogens is 1. The third-order valence-electron chi connectivity index (χ3n) is 5.37. The lowest BCUT2D eigenvalue weighted by Crippen LogP contribution is -2.29. The van der Waals surface area contributed by atoms with E-state index in [0.717, 1.165) is 42.2 Å². The number of carbonyl (C=O) groups is 2. The lowest BCUT2D eigenvalue weighted by atomic mass is 9.90. The third kappa shape index (κ3) is 2.00. The number of nitrogens with one attached hydrogen (secondary N) is 1. The van der Waals surface area contributed by atoms with Crippen LogP contribution in [0.4, 0.5) is 5.69 Å². The molecule has 0 saturated carbocycles. The molecular weight excluding hydrogens is 328 g/mol. The zero-order chi connectivity index (χ0) is 17.8. The maximum atomic E-state index is 12.7. The molecule has 3 aromatic rings. The van der Waals surface area contributed by atoms with Gasteiger partial charge in [-0.3, -0.25) is 14.4 Å². The maximum absolute atomic E-state index is 12.7. The number of nitrogens with zero attached hydrogens (tertiary/aromatic N) is 1. The van der Waals surface area contributed by atoms with Crippen LogP contribution in [0.2, 0.25) is 0 Å². The molecule has 5 rings (SSSR count). The molecule has 5 nitrogen and oxygen atoms in total. The van der Waals surface area contributed by atoms with E-state index in [1.165, 1.54) is 4.90 Å². The number of hydrogen-bond acceptors (Lipinski definition) is 3. The number of aryl methyl sites for hydroxylation is 1. The van der Waals surface area contributed by atoms with Gasteiger partial charge in [0.1, 0.15) is 0 Å². The normalized spacial score (nSPS) is 16.1. The number of benzene rings is 2. The van der Waals surface area contributed by atoms with E-state index < -0.39 is 0 Å². The summed E-state index contributed by atoms with van der Waals surface area (Å²) >= 11 is 0. The van der Waals surface area contributed by atoms with Crippen LogP contribution in [0, 0.1) is 0 Å². The zero-order valence-electron chi connectivity index (χ0n) is 14.0. The summed E-state index contributed by atoms with van der Waals surface area (Å²) in [5.74, 6) is -0.657. The Balaban J connectivity index is 1.67. The molecule has 2 aromatic carbocycles. The highest BCUT2D eigenvalue weighted by Crippen LogP contribution is 2.32. The van der Waals surface area contributed by atoms with Gasteiger partial charge in [0.25, 0.3) is 17.4 Å². The quantitative estimate of drug-likeness (QED) is 0.689. The number of fused-ring (bicyclic) bond motifs is 4. The Bertz CT molecular complexity index is 1120. The zero-order valence-corrected chi connectivity index (χ0v) is 14.0. The number of anilines is 1. The number of imide groups is 1. The molecule has 0 spiro atoms. The Morgan fingerprint density at radius 1 is 0.808 bits per heavy atom. The van der Waals surface area contributed by atoms with Gasteiger partial charge in [-0.1, -0.05) is 18.2 Å². The first-order valence-electron chi connectivity index (χ1n) is 8.81. The molecule has 1 aromatic heterocycles. The lowest BCUT2D eigenvalue weighted by molar-refractivity contribution is 0.0926. The summed E-state index contributed by atoms with van der Waals surface area (Å²) < 4.78 is 0. The second-order valence-corrected chi connectivity index (χ2v) is 6.84. The minimum atomic E-state index is -0.328. The topological polar surface area (TPSA) is 70.2 Å². The fraction of sp³-hybridized carbons (Fsp3) is 0.190. The summed E-state index contributed by atoms with van der Waals surface area (Å²) in [5.41, 5.74) is 3.89. The molecule has 0 radical (unpaired) electrons. The van der Waals surface area contributed by atoms with E-state index in [-0.39, 0.29) is 17.4 Å². The summed E-state index contributed by atoms with van der Waals surface area (Å²) in [7, 11) is 0. The van der Waals surface area contributed by atoms with Crippen molar-refractivity contribution in [1.82, 2.24) is 4.98 Å². The molecule has 26 heavy (non-hydrogen) atoms. The van der Waals surface area contributed by atoms with Crippen LogP contribution >= 0.6 is 0 Å². The molecule has 1 aliphatic heterocycles. The van der Waals surface area contributed by atoms with Crippen LogP contribution in [-0.4, -0.2) is 16.8 Å². The van der Waals surface area contributed by atoms with Crippen molar-refractivity contribution in [3.8, 4) is 0 Å². The van der Waals surface area contributed by atoms with Crippen LogP contribution in [-0.2, 0) is 12.8 Å². The Morgan fingerprint density at radius 3 is 2.15 bits per heavy atom. The summed E-state index contributed by atoms with van der Waals surface area (Å²) in [5, 5.41) is 1.000. The average molecular weight is 344 g/mol. The smallest absolute Gasteiger partial charge is 0.266 e. The Hall–Kier alpha value is -3.21. The van der Waals surface area contributed by atoms with Crippen molar-refractivity contribution >= 4 is 28.4 Å². The van der Waals surface area contributed by atoms with Gasteiger partial charge in [-0.05, 0) is 55.5 Å². The highest BCUT2D eigenvalue weighted by atomic mass is 16.2. The van der Waals surface area contributed by atoms with Crippen LogP contribution in [0.25, 0.3) is 10.9 Å². The predicted octanol–water partition coefficient (Wildman–Crippen LogP) is 3.21. The molecule has 5 heteroatoms. The Kier molecular flexibility index (Phi) is 3.13. The van der Waals surface area contributed by atoms with Crippen molar-refractivity contribution < 1.29 is 9.59 Å². The molecule has 0 atom stereocenters. The Labute approximate surface area is 149 Å². The van der Waals surface area contributed by atoms with Crippen molar-refractivity contribution in [2.24, 2.45) is 0 Å². The van der Waals surface area contributed by atoms with Gasteiger partial charge >= 0.3 is 0 Å². The molecule has 2 aliphatic rings. The standard InChI is InChI=1S/C21H16N2O3/c24-19-15-6-2-1-5-13(15)14-10-9-12(11-18(14)22-19)23-20(25)16-7-3-4-8-17(16)21(23)26/h3-4,7-11H,1-2,5-6H2,(H,22,24). The largest absolute Gasteiger partial charge is 0.322 e. The minimum absolute atomic E-state index is 0.0632. The highest BCUT2D eigenvalue weighted by molar-refractivity contribution is 6.34. The van der Waals surface area contributed by atoms with Crippen LogP contribution in [0.15, 0.2) is 47.3 Å². The predicted molar refractivity (Wildman–Crippen MR) is 98.8 cm³/mol. The second-order valence-electron chi connectivity index (χ2n) is 6.84. The van der Waals surface area contributed by atoms with Crippen molar-refractivity contribution in [1.29, 1.82) is 0 Å². The molecule has 0 saturated heterocycles. The summed E-state index contributed by atoms with van der Waals surface area (Å²) in [6.07, 6.45) is 3.81. The molecule has 2 heterocycles. The van der Waals surface area contributed by atoms with E-state index in [1.807, 2.05) is 6.07 Å². The molecule has 1 aliphatic carbocycles. The maximum Gasteiger partial charge on any atom is 0.266 e. The SMILES string of the molecule is O=C1c2ccccc2C(=O)N1c1ccc2c3c(c(=O)[nH]c2c1)CCCC3. The molecule has 2 amide bonds. The summed E-state index contributed by atoms with van der Waals surface area (Å²) in [4.78, 5) is 41.9. The fourth-order valence-corrected chi connectivity index (χ4v) is 4.11. The first-order valence-corrected chi connectivity index (χ1v) is 8.81. The molecule has 0 fully saturated rings. The summed E-state index contributed by atoms with van der Waals surface area (Å²) in [6, 6.07) is 12.2. The van der Waals surface area contributed by atoms with Crippen LogP contribution < -0.4 is 10.5 Å². The van der Waals surface area contributed by atoms with E-state index in [1.54, 1.807) is 36.4 Å². The van der Waals surface area contributed by atoms with Crippen LogP contribution in [0.1, 0.15) is 44.7 Å². The number of amides is 2. The van der Waals surface area contributed by atoms with Gasteiger partial charge in [0.05, 0.1) is 22.3 Å². The number of carbonyl (C=O) groups excluding carboxylic acids is 2. The van der Waals surface area contributed by atoms with Gasteiger partial charge in [0.2, 0.25) is 0 Å². The average Bonchev–Trinajstić information content (AvgIpc) is 2.93. The van der Waals surface area contributed by atoms with Gasteiger partial charge in [-0.2, -0.15) is 0 Å². The van der Waals surface area contributed by atoms with Crippen molar-refractivity contribution in [2.45, 2.75) is 25.7 Å². The van der Waals surface area contributed by atoms with E-state index in [0.29, 0.717) is 22.3 Å². The first kappa shape index (κ1) is 15.1.